The molecule has 0 saturated carbocycles. The zero-order chi connectivity index (χ0) is 14.6. The summed E-state index contributed by atoms with van der Waals surface area (Å²) in [5.41, 5.74) is -0.124. The molecule has 2 unspecified atom stereocenters. The van der Waals surface area contributed by atoms with Gasteiger partial charge in [-0.2, -0.15) is 0 Å². The molecule has 0 aromatic rings. The smallest absolute Gasteiger partial charge is 0.230 e. The zero-order valence-corrected chi connectivity index (χ0v) is 13.5. The second-order valence-corrected chi connectivity index (χ2v) is 6.60. The first-order valence-corrected chi connectivity index (χ1v) is 8.33. The first-order valence-electron chi connectivity index (χ1n) is 8.33. The summed E-state index contributed by atoms with van der Waals surface area (Å²) in [4.78, 5) is 17.6. The van der Waals surface area contributed by atoms with E-state index in [-0.39, 0.29) is 5.41 Å². The molecular weight excluding hydrogens is 250 g/mol. The molecule has 4 nitrogen and oxygen atoms in total. The highest BCUT2D eigenvalue weighted by atomic mass is 16.2. The SMILES string of the molecule is CCCC1(C(=O)N2CCN(C)C(CC)C2)CCCNC1. The van der Waals surface area contributed by atoms with Gasteiger partial charge >= 0.3 is 0 Å². The Morgan fingerprint density at radius 3 is 2.75 bits per heavy atom. The summed E-state index contributed by atoms with van der Waals surface area (Å²) < 4.78 is 0. The van der Waals surface area contributed by atoms with E-state index in [4.69, 9.17) is 0 Å². The van der Waals surface area contributed by atoms with Crippen molar-refractivity contribution in [2.75, 3.05) is 39.8 Å². The van der Waals surface area contributed by atoms with Crippen LogP contribution in [0.25, 0.3) is 0 Å². The number of piperazine rings is 1. The van der Waals surface area contributed by atoms with Gasteiger partial charge in [-0.3, -0.25) is 9.69 Å². The molecule has 0 aromatic heterocycles. The number of piperidine rings is 1. The fourth-order valence-corrected chi connectivity index (χ4v) is 3.86. The van der Waals surface area contributed by atoms with Crippen molar-refractivity contribution in [3.8, 4) is 0 Å². The third kappa shape index (κ3) is 3.17. The van der Waals surface area contributed by atoms with Crippen LogP contribution in [0, 0.1) is 5.41 Å². The molecule has 2 rings (SSSR count). The zero-order valence-electron chi connectivity index (χ0n) is 13.5. The van der Waals surface area contributed by atoms with Gasteiger partial charge in [0, 0.05) is 32.2 Å². The van der Waals surface area contributed by atoms with E-state index in [0.717, 1.165) is 64.8 Å². The lowest BCUT2D eigenvalue weighted by atomic mass is 9.75. The van der Waals surface area contributed by atoms with E-state index in [2.05, 4.69) is 36.0 Å². The van der Waals surface area contributed by atoms with Gasteiger partial charge < -0.3 is 10.2 Å². The van der Waals surface area contributed by atoms with Crippen molar-refractivity contribution < 1.29 is 4.79 Å². The fraction of sp³-hybridized carbons (Fsp3) is 0.938. The Hall–Kier alpha value is -0.610. The molecule has 20 heavy (non-hydrogen) atoms. The molecular formula is C16H31N3O. The van der Waals surface area contributed by atoms with Gasteiger partial charge in [0.2, 0.25) is 5.91 Å². The van der Waals surface area contributed by atoms with Crippen molar-refractivity contribution in [2.45, 2.75) is 52.0 Å². The van der Waals surface area contributed by atoms with Crippen molar-refractivity contribution in [1.29, 1.82) is 0 Å². The fourth-order valence-electron chi connectivity index (χ4n) is 3.86. The van der Waals surface area contributed by atoms with Crippen LogP contribution in [0.5, 0.6) is 0 Å². The van der Waals surface area contributed by atoms with E-state index in [1.165, 1.54) is 0 Å². The maximum absolute atomic E-state index is 13.1. The molecule has 2 aliphatic heterocycles. The van der Waals surface area contributed by atoms with E-state index in [9.17, 15) is 4.79 Å². The molecule has 2 aliphatic rings. The first-order chi connectivity index (χ1) is 9.63. The summed E-state index contributed by atoms with van der Waals surface area (Å²) in [7, 11) is 2.18. The minimum atomic E-state index is -0.124. The minimum Gasteiger partial charge on any atom is -0.339 e. The first kappa shape index (κ1) is 15.8. The Morgan fingerprint density at radius 1 is 1.35 bits per heavy atom. The van der Waals surface area contributed by atoms with Crippen molar-refractivity contribution in [1.82, 2.24) is 15.1 Å². The molecule has 1 amide bonds. The Kier molecular flexibility index (Phi) is 5.44. The molecule has 2 heterocycles. The number of carbonyl (C=O) groups is 1. The second-order valence-electron chi connectivity index (χ2n) is 6.60. The quantitative estimate of drug-likeness (QED) is 0.852. The number of nitrogens with zero attached hydrogens (tertiary/aromatic N) is 2. The van der Waals surface area contributed by atoms with Crippen LogP contribution in [0.15, 0.2) is 0 Å². The Bertz CT molecular complexity index is 320. The molecule has 116 valence electrons. The minimum absolute atomic E-state index is 0.124. The largest absolute Gasteiger partial charge is 0.339 e. The van der Waals surface area contributed by atoms with Crippen LogP contribution < -0.4 is 5.32 Å². The molecule has 2 saturated heterocycles. The molecule has 2 atom stereocenters. The molecule has 2 fully saturated rings. The predicted octanol–water partition coefficient (Wildman–Crippen LogP) is 1.71. The van der Waals surface area contributed by atoms with Crippen molar-refractivity contribution in [3.05, 3.63) is 0 Å². The van der Waals surface area contributed by atoms with Gasteiger partial charge in [0.15, 0.2) is 0 Å². The highest BCUT2D eigenvalue weighted by molar-refractivity contribution is 5.83. The lowest BCUT2D eigenvalue weighted by Gasteiger charge is -2.45. The number of amides is 1. The lowest BCUT2D eigenvalue weighted by Crippen LogP contribution is -2.58. The average molecular weight is 281 g/mol. The Labute approximate surface area is 123 Å². The average Bonchev–Trinajstić information content (AvgIpc) is 2.48. The van der Waals surface area contributed by atoms with Crippen LogP contribution in [0.3, 0.4) is 0 Å². The summed E-state index contributed by atoms with van der Waals surface area (Å²) in [6.07, 6.45) is 5.45. The maximum Gasteiger partial charge on any atom is 0.230 e. The molecule has 0 spiro atoms. The van der Waals surface area contributed by atoms with Crippen LogP contribution in [0.2, 0.25) is 0 Å². The highest BCUT2D eigenvalue weighted by Crippen LogP contribution is 2.34. The topological polar surface area (TPSA) is 35.6 Å². The van der Waals surface area contributed by atoms with Gasteiger partial charge in [-0.1, -0.05) is 20.3 Å². The third-order valence-corrected chi connectivity index (χ3v) is 5.19. The molecule has 0 radical (unpaired) electrons. The summed E-state index contributed by atoms with van der Waals surface area (Å²) in [6.45, 7) is 9.19. The summed E-state index contributed by atoms with van der Waals surface area (Å²) in [5.74, 6) is 0.415. The highest BCUT2D eigenvalue weighted by Gasteiger charge is 2.42. The normalized spacial score (nSPS) is 32.4. The van der Waals surface area contributed by atoms with Crippen molar-refractivity contribution >= 4 is 5.91 Å². The summed E-state index contributed by atoms with van der Waals surface area (Å²) in [5, 5.41) is 3.46. The van der Waals surface area contributed by atoms with Crippen LogP contribution in [0.4, 0.5) is 0 Å². The standard InChI is InChI=1S/C16H31N3O/c1-4-7-16(8-6-9-17-13-16)15(20)19-11-10-18(3)14(5-2)12-19/h14,17H,4-13H2,1-3H3. The van der Waals surface area contributed by atoms with E-state index in [1.807, 2.05) is 0 Å². The summed E-state index contributed by atoms with van der Waals surface area (Å²) in [6, 6.07) is 0.530. The number of rotatable bonds is 4. The van der Waals surface area contributed by atoms with Crippen molar-refractivity contribution in [2.24, 2.45) is 5.41 Å². The Balaban J connectivity index is 2.07. The Morgan fingerprint density at radius 2 is 2.15 bits per heavy atom. The molecule has 1 N–H and O–H groups in total. The molecule has 0 bridgehead atoms. The number of likely N-dealkylation sites (N-methyl/N-ethyl adjacent to an activating group) is 1. The predicted molar refractivity (Wildman–Crippen MR) is 82.7 cm³/mol. The van der Waals surface area contributed by atoms with E-state index >= 15 is 0 Å². The molecule has 4 heteroatoms. The third-order valence-electron chi connectivity index (χ3n) is 5.19. The summed E-state index contributed by atoms with van der Waals surface area (Å²) >= 11 is 0. The van der Waals surface area contributed by atoms with Gasteiger partial charge in [-0.25, -0.2) is 0 Å². The van der Waals surface area contributed by atoms with Crippen molar-refractivity contribution in [3.63, 3.8) is 0 Å². The van der Waals surface area contributed by atoms with Gasteiger partial charge in [0.1, 0.15) is 0 Å². The number of hydrogen-bond acceptors (Lipinski definition) is 3. The second kappa shape index (κ2) is 6.90. The molecule has 0 aromatic carbocycles. The lowest BCUT2D eigenvalue weighted by molar-refractivity contribution is -0.146. The number of carbonyl (C=O) groups excluding carboxylic acids is 1. The number of nitrogens with one attached hydrogen (secondary N) is 1. The van der Waals surface area contributed by atoms with Crippen LogP contribution in [-0.2, 0) is 4.79 Å². The van der Waals surface area contributed by atoms with E-state index in [1.54, 1.807) is 0 Å². The van der Waals surface area contributed by atoms with Crippen LogP contribution in [-0.4, -0.2) is 61.5 Å². The van der Waals surface area contributed by atoms with Gasteiger partial charge in [-0.05, 0) is 39.3 Å². The van der Waals surface area contributed by atoms with Crippen LogP contribution >= 0.6 is 0 Å². The maximum atomic E-state index is 13.1. The van der Waals surface area contributed by atoms with E-state index in [0.29, 0.717) is 11.9 Å². The molecule has 0 aliphatic carbocycles. The van der Waals surface area contributed by atoms with Gasteiger partial charge in [0.05, 0.1) is 5.41 Å². The van der Waals surface area contributed by atoms with Gasteiger partial charge in [-0.15, -0.1) is 0 Å². The monoisotopic (exact) mass is 281 g/mol. The number of hydrogen-bond donors (Lipinski definition) is 1. The van der Waals surface area contributed by atoms with Crippen LogP contribution in [0.1, 0.15) is 46.0 Å². The van der Waals surface area contributed by atoms with E-state index < -0.39 is 0 Å². The van der Waals surface area contributed by atoms with Gasteiger partial charge in [0.25, 0.3) is 0 Å².